The van der Waals surface area contributed by atoms with Gasteiger partial charge in [-0.1, -0.05) is 19.8 Å². The van der Waals surface area contributed by atoms with Gasteiger partial charge < -0.3 is 15.7 Å². The van der Waals surface area contributed by atoms with Gasteiger partial charge in [0, 0.05) is 30.5 Å². The van der Waals surface area contributed by atoms with Crippen molar-refractivity contribution in [2.24, 2.45) is 0 Å². The lowest BCUT2D eigenvalue weighted by molar-refractivity contribution is -0.139. The molecule has 1 aromatic rings. The summed E-state index contributed by atoms with van der Waals surface area (Å²) in [6.07, 6.45) is 5.95. The minimum absolute atomic E-state index is 0.282. The Bertz CT molecular complexity index is 406. The summed E-state index contributed by atoms with van der Waals surface area (Å²) in [7, 11) is 0. The van der Waals surface area contributed by atoms with Gasteiger partial charge >= 0.3 is 5.97 Å². The molecule has 0 spiro atoms. The molecule has 0 saturated heterocycles. The molecule has 1 heterocycles. The van der Waals surface area contributed by atoms with Gasteiger partial charge in [-0.3, -0.25) is 4.79 Å². The highest BCUT2D eigenvalue weighted by atomic mass is 16.4. The number of nitrogens with zero attached hydrogens (tertiary/aromatic N) is 2. The quantitative estimate of drug-likeness (QED) is 0.641. The van der Waals surface area contributed by atoms with Crippen LogP contribution in [0.2, 0.25) is 0 Å². The second-order valence-electron chi connectivity index (χ2n) is 5.13. The van der Waals surface area contributed by atoms with Crippen LogP contribution in [0.15, 0.2) is 12.4 Å². The maximum absolute atomic E-state index is 11.1. The van der Waals surface area contributed by atoms with Gasteiger partial charge in [-0.05, 0) is 20.3 Å². The Morgan fingerprint density at radius 3 is 2.50 bits per heavy atom. The number of carboxylic acids is 1. The van der Waals surface area contributed by atoms with Crippen LogP contribution in [0.4, 0.5) is 5.95 Å². The first-order valence-corrected chi connectivity index (χ1v) is 7.06. The van der Waals surface area contributed by atoms with Crippen molar-refractivity contribution >= 4 is 11.9 Å². The van der Waals surface area contributed by atoms with Gasteiger partial charge in [-0.25, -0.2) is 9.97 Å². The van der Waals surface area contributed by atoms with E-state index in [1.54, 1.807) is 12.4 Å². The van der Waals surface area contributed by atoms with Crippen molar-refractivity contribution in [3.05, 3.63) is 18.0 Å². The number of carboxylic acid groups (broad SMARTS) is 1. The van der Waals surface area contributed by atoms with E-state index in [0.29, 0.717) is 18.9 Å². The van der Waals surface area contributed by atoms with Gasteiger partial charge in [0.15, 0.2) is 0 Å². The number of anilines is 1. The van der Waals surface area contributed by atoms with Crippen molar-refractivity contribution in [2.75, 3.05) is 5.32 Å². The van der Waals surface area contributed by atoms with Crippen molar-refractivity contribution in [2.45, 2.75) is 58.7 Å². The van der Waals surface area contributed by atoms with Gasteiger partial charge in [0.2, 0.25) is 5.95 Å². The fourth-order valence-electron chi connectivity index (χ4n) is 1.74. The van der Waals surface area contributed by atoms with Crippen LogP contribution in [0, 0.1) is 0 Å². The number of hydrogen-bond acceptors (Lipinski definition) is 5. The fraction of sp³-hybridized carbons (Fsp3) is 0.643. The number of aliphatic carboxylic acids is 1. The Hall–Kier alpha value is -1.69. The molecule has 20 heavy (non-hydrogen) atoms. The summed E-state index contributed by atoms with van der Waals surface area (Å²) in [6.45, 7) is 6.55. The Morgan fingerprint density at radius 2 is 2.00 bits per heavy atom. The summed E-state index contributed by atoms with van der Waals surface area (Å²) < 4.78 is 0. The van der Waals surface area contributed by atoms with E-state index >= 15 is 0 Å². The normalized spacial score (nSPS) is 12.4. The minimum Gasteiger partial charge on any atom is -0.480 e. The predicted octanol–water partition coefficient (Wildman–Crippen LogP) is 2.03. The number of aromatic nitrogens is 2. The third kappa shape index (κ3) is 5.97. The molecule has 0 aliphatic heterocycles. The van der Waals surface area contributed by atoms with Crippen LogP contribution in [0.3, 0.4) is 0 Å². The molecule has 1 aromatic heterocycles. The molecule has 0 saturated carbocycles. The molecular formula is C14H24N4O2. The van der Waals surface area contributed by atoms with Crippen molar-refractivity contribution in [3.63, 3.8) is 0 Å². The van der Waals surface area contributed by atoms with Crippen molar-refractivity contribution in [1.29, 1.82) is 0 Å². The van der Waals surface area contributed by atoms with E-state index in [2.05, 4.69) is 20.6 Å². The lowest BCUT2D eigenvalue weighted by Gasteiger charge is -2.14. The van der Waals surface area contributed by atoms with E-state index in [-0.39, 0.29) is 6.04 Å². The smallest absolute Gasteiger partial charge is 0.320 e. The van der Waals surface area contributed by atoms with Crippen LogP contribution < -0.4 is 10.6 Å². The molecule has 112 valence electrons. The van der Waals surface area contributed by atoms with Gasteiger partial charge in [0.05, 0.1) is 0 Å². The first kappa shape index (κ1) is 16.4. The standard InChI is InChI=1S/C14H24N4O2/c1-4-5-6-12(13(19)20)15-7-11-8-16-14(17-9-11)18-10(2)3/h8-10,12,15H,4-7H2,1-3H3,(H,19,20)(H,16,17,18)/t12-/m0/s1. The Morgan fingerprint density at radius 1 is 1.35 bits per heavy atom. The van der Waals surface area contributed by atoms with Gasteiger partial charge in [0.25, 0.3) is 0 Å². The van der Waals surface area contributed by atoms with Gasteiger partial charge in [-0.2, -0.15) is 0 Å². The van der Waals surface area contributed by atoms with E-state index in [9.17, 15) is 4.79 Å². The van der Waals surface area contributed by atoms with Crippen LogP contribution in [0.5, 0.6) is 0 Å². The van der Waals surface area contributed by atoms with Crippen LogP contribution >= 0.6 is 0 Å². The molecule has 0 aromatic carbocycles. The first-order chi connectivity index (χ1) is 9.52. The van der Waals surface area contributed by atoms with Crippen LogP contribution in [0.1, 0.15) is 45.6 Å². The van der Waals surface area contributed by atoms with Crippen molar-refractivity contribution in [1.82, 2.24) is 15.3 Å². The summed E-state index contributed by atoms with van der Waals surface area (Å²) >= 11 is 0. The number of hydrogen-bond donors (Lipinski definition) is 3. The van der Waals surface area contributed by atoms with Crippen molar-refractivity contribution < 1.29 is 9.90 Å². The molecule has 6 nitrogen and oxygen atoms in total. The highest BCUT2D eigenvalue weighted by molar-refractivity contribution is 5.73. The third-order valence-corrected chi connectivity index (χ3v) is 2.82. The number of rotatable bonds is 9. The molecule has 0 fully saturated rings. The van der Waals surface area contributed by atoms with Gasteiger partial charge in [0.1, 0.15) is 6.04 Å². The largest absolute Gasteiger partial charge is 0.480 e. The highest BCUT2D eigenvalue weighted by Crippen LogP contribution is 2.05. The molecule has 0 radical (unpaired) electrons. The lowest BCUT2D eigenvalue weighted by atomic mass is 10.1. The summed E-state index contributed by atoms with van der Waals surface area (Å²) in [5.41, 5.74) is 0.877. The Balaban J connectivity index is 2.48. The van der Waals surface area contributed by atoms with Crippen LogP contribution in [-0.4, -0.2) is 33.1 Å². The van der Waals surface area contributed by atoms with E-state index in [0.717, 1.165) is 18.4 Å². The van der Waals surface area contributed by atoms with Crippen LogP contribution in [0.25, 0.3) is 0 Å². The average Bonchev–Trinajstić information content (AvgIpc) is 2.39. The molecule has 0 aliphatic carbocycles. The third-order valence-electron chi connectivity index (χ3n) is 2.82. The lowest BCUT2D eigenvalue weighted by Crippen LogP contribution is -2.36. The molecule has 0 aliphatic rings. The molecule has 0 unspecified atom stereocenters. The Labute approximate surface area is 120 Å². The molecular weight excluding hydrogens is 256 g/mol. The SMILES string of the molecule is CCCC[C@H](NCc1cnc(NC(C)C)nc1)C(=O)O. The van der Waals surface area contributed by atoms with Gasteiger partial charge in [-0.15, -0.1) is 0 Å². The summed E-state index contributed by atoms with van der Waals surface area (Å²) in [5, 5.41) is 15.3. The zero-order chi connectivity index (χ0) is 15.0. The molecule has 0 amide bonds. The first-order valence-electron chi connectivity index (χ1n) is 7.06. The number of nitrogens with one attached hydrogen (secondary N) is 2. The average molecular weight is 280 g/mol. The summed E-state index contributed by atoms with van der Waals surface area (Å²) in [5.74, 6) is -0.220. The summed E-state index contributed by atoms with van der Waals surface area (Å²) in [4.78, 5) is 19.5. The zero-order valence-corrected chi connectivity index (χ0v) is 12.4. The topological polar surface area (TPSA) is 87.1 Å². The van der Waals surface area contributed by atoms with E-state index < -0.39 is 12.0 Å². The zero-order valence-electron chi connectivity index (χ0n) is 12.4. The van der Waals surface area contributed by atoms with Crippen LogP contribution in [-0.2, 0) is 11.3 Å². The predicted molar refractivity (Wildman–Crippen MR) is 78.6 cm³/mol. The maximum atomic E-state index is 11.1. The van der Waals surface area contributed by atoms with Crippen molar-refractivity contribution in [3.8, 4) is 0 Å². The summed E-state index contributed by atoms with van der Waals surface area (Å²) in [6, 6.07) is -0.229. The minimum atomic E-state index is -0.808. The highest BCUT2D eigenvalue weighted by Gasteiger charge is 2.15. The maximum Gasteiger partial charge on any atom is 0.320 e. The second-order valence-corrected chi connectivity index (χ2v) is 5.13. The molecule has 3 N–H and O–H groups in total. The monoisotopic (exact) mass is 280 g/mol. The molecule has 0 bridgehead atoms. The molecule has 1 atom stereocenters. The fourth-order valence-corrected chi connectivity index (χ4v) is 1.74. The van der Waals surface area contributed by atoms with E-state index in [1.165, 1.54) is 0 Å². The number of carbonyl (C=O) groups is 1. The number of unbranched alkanes of at least 4 members (excludes halogenated alkanes) is 1. The molecule has 6 heteroatoms. The second kappa shape index (κ2) is 8.47. The van der Waals surface area contributed by atoms with E-state index in [4.69, 9.17) is 5.11 Å². The van der Waals surface area contributed by atoms with E-state index in [1.807, 2.05) is 20.8 Å². The Kier molecular flexibility index (Phi) is 6.93. The molecule has 1 rings (SSSR count).